The van der Waals surface area contributed by atoms with E-state index in [-0.39, 0.29) is 0 Å². The average Bonchev–Trinajstić information content (AvgIpc) is 2.58. The van der Waals surface area contributed by atoms with Crippen LogP contribution < -0.4 is 0 Å². The first-order valence-electron chi connectivity index (χ1n) is 6.96. The predicted molar refractivity (Wildman–Crippen MR) is 80.0 cm³/mol. The minimum Gasteiger partial charge on any atom is -0.264 e. The van der Waals surface area contributed by atoms with Gasteiger partial charge in [-0.05, 0) is 42.5 Å². The number of hydrogen-bond donors (Lipinski definition) is 0. The van der Waals surface area contributed by atoms with Gasteiger partial charge in [0, 0.05) is 23.5 Å². The van der Waals surface area contributed by atoms with Gasteiger partial charge in [-0.15, -0.1) is 0 Å². The van der Waals surface area contributed by atoms with Crippen LogP contribution in [0.25, 0.3) is 0 Å². The molecule has 1 nitrogen and oxygen atoms in total. The molecule has 1 aromatic heterocycles. The zero-order valence-electron chi connectivity index (χ0n) is 11.6. The van der Waals surface area contributed by atoms with E-state index in [9.17, 15) is 0 Å². The summed E-state index contributed by atoms with van der Waals surface area (Å²) in [5.74, 6) is 6.55. The SMILES string of the molecule is C1#Cc2ccncc2CCCc2ccccc21.CC. The number of hydrogen-bond acceptors (Lipinski definition) is 1. The van der Waals surface area contributed by atoms with Crippen LogP contribution in [0, 0.1) is 11.8 Å². The molecule has 0 bridgehead atoms. The summed E-state index contributed by atoms with van der Waals surface area (Å²) in [5.41, 5.74) is 4.92. The van der Waals surface area contributed by atoms with Crippen molar-refractivity contribution in [1.29, 1.82) is 0 Å². The maximum atomic E-state index is 4.18. The molecular weight excluding hydrogens is 230 g/mol. The standard InChI is InChI=1S/C16H13N.C2H6/c1-2-5-14-8-9-15-10-11-17-12-16(15)7-3-6-13(14)4-1;1-2/h1-2,4-5,10-12H,3,6-7H2;1-2H3. The fraction of sp³-hybridized carbons (Fsp3) is 0.278. The molecule has 96 valence electrons. The predicted octanol–water partition coefficient (Wildman–Crippen LogP) is 4.00. The summed E-state index contributed by atoms with van der Waals surface area (Å²) in [6, 6.07) is 10.4. The van der Waals surface area contributed by atoms with Crippen molar-refractivity contribution in [3.05, 3.63) is 65.0 Å². The molecule has 1 aliphatic rings. The fourth-order valence-corrected chi connectivity index (χ4v) is 2.21. The Bertz CT molecular complexity index is 551. The van der Waals surface area contributed by atoms with Crippen molar-refractivity contribution in [2.24, 2.45) is 0 Å². The molecule has 0 spiro atoms. The molecule has 0 radical (unpaired) electrons. The molecule has 0 amide bonds. The maximum absolute atomic E-state index is 4.18. The van der Waals surface area contributed by atoms with Gasteiger partial charge in [0.05, 0.1) is 0 Å². The molecule has 1 heterocycles. The van der Waals surface area contributed by atoms with Crippen molar-refractivity contribution in [2.75, 3.05) is 0 Å². The molecular formula is C18H19N. The van der Waals surface area contributed by atoms with Crippen molar-refractivity contribution in [3.63, 3.8) is 0 Å². The van der Waals surface area contributed by atoms with Gasteiger partial charge in [-0.3, -0.25) is 4.98 Å². The highest BCUT2D eigenvalue weighted by Gasteiger charge is 2.05. The Morgan fingerprint density at radius 3 is 2.42 bits per heavy atom. The lowest BCUT2D eigenvalue weighted by atomic mass is 10.0. The molecule has 19 heavy (non-hydrogen) atoms. The molecule has 0 saturated heterocycles. The highest BCUT2D eigenvalue weighted by atomic mass is 14.6. The van der Waals surface area contributed by atoms with Gasteiger partial charge in [0.25, 0.3) is 0 Å². The third-order valence-corrected chi connectivity index (χ3v) is 3.15. The highest BCUT2D eigenvalue weighted by Crippen LogP contribution is 2.16. The summed E-state index contributed by atoms with van der Waals surface area (Å²) in [6.45, 7) is 4.00. The van der Waals surface area contributed by atoms with Gasteiger partial charge in [-0.1, -0.05) is 43.9 Å². The molecule has 0 atom stereocenters. The van der Waals surface area contributed by atoms with Crippen molar-refractivity contribution in [1.82, 2.24) is 4.98 Å². The quantitative estimate of drug-likeness (QED) is 0.643. The Kier molecular flexibility index (Phi) is 4.75. The minimum absolute atomic E-state index is 1.06. The molecule has 0 fully saturated rings. The second-order valence-corrected chi connectivity index (χ2v) is 4.29. The van der Waals surface area contributed by atoms with Gasteiger partial charge >= 0.3 is 0 Å². The number of aromatic nitrogens is 1. The first-order chi connectivity index (χ1) is 9.43. The first-order valence-corrected chi connectivity index (χ1v) is 6.96. The highest BCUT2D eigenvalue weighted by molar-refractivity contribution is 5.49. The number of pyridine rings is 1. The monoisotopic (exact) mass is 249 g/mol. The van der Waals surface area contributed by atoms with E-state index in [1.807, 2.05) is 32.3 Å². The second-order valence-electron chi connectivity index (χ2n) is 4.29. The number of fused-ring (bicyclic) bond motifs is 2. The zero-order chi connectivity index (χ0) is 13.5. The van der Waals surface area contributed by atoms with Gasteiger partial charge in [0.2, 0.25) is 0 Å². The van der Waals surface area contributed by atoms with E-state index < -0.39 is 0 Å². The van der Waals surface area contributed by atoms with Crippen LogP contribution in [-0.2, 0) is 12.8 Å². The largest absolute Gasteiger partial charge is 0.264 e. The van der Waals surface area contributed by atoms with E-state index in [0.29, 0.717) is 0 Å². The number of rotatable bonds is 0. The van der Waals surface area contributed by atoms with Gasteiger partial charge in [0.15, 0.2) is 0 Å². The van der Waals surface area contributed by atoms with E-state index in [2.05, 4.69) is 41.1 Å². The second kappa shape index (κ2) is 6.75. The third kappa shape index (κ3) is 3.23. The lowest BCUT2D eigenvalue weighted by molar-refractivity contribution is 0.815. The van der Waals surface area contributed by atoms with Gasteiger partial charge < -0.3 is 0 Å². The smallest absolute Gasteiger partial charge is 0.0312 e. The van der Waals surface area contributed by atoms with E-state index in [1.165, 1.54) is 11.1 Å². The van der Waals surface area contributed by atoms with Crippen LogP contribution in [0.1, 0.15) is 42.5 Å². The topological polar surface area (TPSA) is 12.9 Å². The van der Waals surface area contributed by atoms with E-state index in [1.54, 1.807) is 0 Å². The van der Waals surface area contributed by atoms with Crippen LogP contribution >= 0.6 is 0 Å². The van der Waals surface area contributed by atoms with E-state index in [4.69, 9.17) is 0 Å². The first kappa shape index (κ1) is 13.4. The summed E-state index contributed by atoms with van der Waals surface area (Å²) >= 11 is 0. The average molecular weight is 249 g/mol. The Labute approximate surface area is 115 Å². The molecule has 2 aromatic rings. The van der Waals surface area contributed by atoms with Gasteiger partial charge in [-0.2, -0.15) is 0 Å². The maximum Gasteiger partial charge on any atom is 0.0312 e. The molecule has 0 aliphatic heterocycles. The zero-order valence-corrected chi connectivity index (χ0v) is 11.6. The Morgan fingerprint density at radius 1 is 0.895 bits per heavy atom. The molecule has 0 unspecified atom stereocenters. The summed E-state index contributed by atoms with van der Waals surface area (Å²) < 4.78 is 0. The lowest BCUT2D eigenvalue weighted by Crippen LogP contribution is -1.94. The minimum atomic E-state index is 1.06. The Hall–Kier alpha value is -2.07. The van der Waals surface area contributed by atoms with Crippen molar-refractivity contribution < 1.29 is 0 Å². The number of aryl methyl sites for hydroxylation is 2. The molecule has 1 aliphatic carbocycles. The normalized spacial score (nSPS) is 12.1. The molecule has 1 aromatic carbocycles. The van der Waals surface area contributed by atoms with Gasteiger partial charge in [-0.25, -0.2) is 0 Å². The van der Waals surface area contributed by atoms with Crippen molar-refractivity contribution in [3.8, 4) is 11.8 Å². The lowest BCUT2D eigenvalue weighted by Gasteiger charge is -2.04. The van der Waals surface area contributed by atoms with Crippen LogP contribution in [0.2, 0.25) is 0 Å². The van der Waals surface area contributed by atoms with Crippen LogP contribution in [0.5, 0.6) is 0 Å². The van der Waals surface area contributed by atoms with E-state index in [0.717, 1.165) is 30.4 Å². The number of nitrogens with zero attached hydrogens (tertiary/aromatic N) is 1. The summed E-state index contributed by atoms with van der Waals surface area (Å²) in [4.78, 5) is 4.18. The molecule has 0 saturated carbocycles. The van der Waals surface area contributed by atoms with Crippen LogP contribution in [-0.4, -0.2) is 4.98 Å². The Balaban J connectivity index is 0.000000637. The summed E-state index contributed by atoms with van der Waals surface area (Å²) in [5, 5.41) is 0. The van der Waals surface area contributed by atoms with Crippen LogP contribution in [0.15, 0.2) is 42.7 Å². The number of benzene rings is 1. The van der Waals surface area contributed by atoms with Crippen LogP contribution in [0.4, 0.5) is 0 Å². The molecule has 3 rings (SSSR count). The Morgan fingerprint density at radius 2 is 1.58 bits per heavy atom. The van der Waals surface area contributed by atoms with E-state index >= 15 is 0 Å². The van der Waals surface area contributed by atoms with Gasteiger partial charge in [0.1, 0.15) is 0 Å². The van der Waals surface area contributed by atoms with Crippen LogP contribution in [0.3, 0.4) is 0 Å². The van der Waals surface area contributed by atoms with Crippen molar-refractivity contribution >= 4 is 0 Å². The summed E-state index contributed by atoms with van der Waals surface area (Å²) in [7, 11) is 0. The third-order valence-electron chi connectivity index (χ3n) is 3.15. The molecule has 1 heteroatoms. The fourth-order valence-electron chi connectivity index (χ4n) is 2.21. The molecule has 0 N–H and O–H groups in total. The van der Waals surface area contributed by atoms with Crippen molar-refractivity contribution in [2.45, 2.75) is 33.1 Å². The summed E-state index contributed by atoms with van der Waals surface area (Å²) in [6.07, 6.45) is 7.07.